The summed E-state index contributed by atoms with van der Waals surface area (Å²) < 4.78 is 12.0. The number of amides is 1. The molecule has 0 aliphatic carbocycles. The van der Waals surface area contributed by atoms with Crippen molar-refractivity contribution in [3.63, 3.8) is 0 Å². The Hall–Kier alpha value is -2.83. The Labute approximate surface area is 187 Å². The highest BCUT2D eigenvalue weighted by molar-refractivity contribution is 7.56. The summed E-state index contributed by atoms with van der Waals surface area (Å²) in [6.07, 6.45) is 0.764. The summed E-state index contributed by atoms with van der Waals surface area (Å²) in [4.78, 5) is 11.3. The van der Waals surface area contributed by atoms with Gasteiger partial charge in [0, 0.05) is 23.7 Å². The maximum Gasteiger partial charge on any atom is 0.221 e. The third-order valence-corrected chi connectivity index (χ3v) is 6.88. The maximum absolute atomic E-state index is 11.3. The first-order chi connectivity index (χ1) is 14.9. The second kappa shape index (κ2) is 10.5. The van der Waals surface area contributed by atoms with Crippen LogP contribution in [0.4, 0.5) is 5.69 Å². The van der Waals surface area contributed by atoms with Crippen LogP contribution in [-0.2, 0) is 11.2 Å². The zero-order valence-corrected chi connectivity index (χ0v) is 19.7. The maximum atomic E-state index is 11.3. The number of carbonyl (C=O) groups is 1. The fraction of sp³-hybridized carbons (Fsp3) is 0.273. The molecule has 31 heavy (non-hydrogen) atoms. The normalized spacial score (nSPS) is 12.0. The van der Waals surface area contributed by atoms with Gasteiger partial charge in [-0.15, -0.1) is 21.5 Å². The smallest absolute Gasteiger partial charge is 0.221 e. The monoisotopic (exact) mass is 456 g/mol. The molecule has 0 saturated heterocycles. The molecule has 1 amide bonds. The molecule has 2 aromatic carbocycles. The van der Waals surface area contributed by atoms with Gasteiger partial charge in [-0.3, -0.25) is 10.2 Å². The molecule has 0 fully saturated rings. The second-order valence-electron chi connectivity index (χ2n) is 6.99. The molecule has 0 aliphatic rings. The van der Waals surface area contributed by atoms with Crippen molar-refractivity contribution in [2.24, 2.45) is 0 Å². The third-order valence-electron chi connectivity index (χ3n) is 4.63. The van der Waals surface area contributed by atoms with E-state index in [1.165, 1.54) is 6.92 Å². The molecule has 0 spiro atoms. The zero-order valence-electron chi connectivity index (χ0n) is 17.9. The molecule has 3 rings (SSSR count). The van der Waals surface area contributed by atoms with E-state index < -0.39 is 0 Å². The van der Waals surface area contributed by atoms with Crippen molar-refractivity contribution in [1.29, 1.82) is 5.41 Å². The first kappa shape index (κ1) is 22.8. The van der Waals surface area contributed by atoms with Crippen molar-refractivity contribution in [1.82, 2.24) is 10.2 Å². The molecule has 0 saturated carbocycles. The number of aromatic nitrogens is 2. The average Bonchev–Trinajstić information content (AvgIpc) is 3.25. The minimum atomic E-state index is -0.129. The Kier molecular flexibility index (Phi) is 7.71. The molecule has 0 bridgehead atoms. The van der Waals surface area contributed by atoms with Gasteiger partial charge in [-0.1, -0.05) is 27.6 Å². The van der Waals surface area contributed by atoms with Crippen molar-refractivity contribution < 1.29 is 14.3 Å². The lowest BCUT2D eigenvalue weighted by molar-refractivity contribution is -0.114. The number of hydrogen-bond donors (Lipinski definition) is 2. The van der Waals surface area contributed by atoms with E-state index >= 15 is 0 Å². The number of carbonyl (C=O) groups excluding carboxylic acids is 1. The number of nitrogens with one attached hydrogen (secondary N) is 2. The molecule has 2 atom stereocenters. The van der Waals surface area contributed by atoms with Gasteiger partial charge in [0.2, 0.25) is 5.91 Å². The van der Waals surface area contributed by atoms with Crippen LogP contribution in [0.3, 0.4) is 0 Å². The van der Waals surface area contributed by atoms with Gasteiger partial charge in [-0.2, -0.15) is 0 Å². The molecule has 9 heteroatoms. The SMILES string of the molecule is COc1cc(CC(C)Pc2nncs2)c(C(=N)c2ccc(NC(C)=O)cc2)cc1OC. The molecular formula is C22H25N4O3PS. The molecule has 2 unspecified atom stereocenters. The van der Waals surface area contributed by atoms with Gasteiger partial charge in [0.1, 0.15) is 10.3 Å². The highest BCUT2D eigenvalue weighted by Crippen LogP contribution is 2.34. The van der Waals surface area contributed by atoms with Gasteiger partial charge in [0.15, 0.2) is 11.5 Å². The zero-order chi connectivity index (χ0) is 22.4. The first-order valence-corrected chi connectivity index (χ1v) is 11.6. The van der Waals surface area contributed by atoms with Crippen LogP contribution in [0.25, 0.3) is 0 Å². The Balaban J connectivity index is 1.92. The fourth-order valence-corrected chi connectivity index (χ4v) is 5.41. The molecule has 162 valence electrons. The van der Waals surface area contributed by atoms with Gasteiger partial charge in [0.25, 0.3) is 0 Å². The Morgan fingerprint density at radius 2 is 1.87 bits per heavy atom. The number of anilines is 1. The lowest BCUT2D eigenvalue weighted by atomic mass is 9.94. The lowest BCUT2D eigenvalue weighted by Gasteiger charge is -2.18. The largest absolute Gasteiger partial charge is 0.493 e. The van der Waals surface area contributed by atoms with Crippen molar-refractivity contribution in [2.45, 2.75) is 25.9 Å². The molecule has 3 aromatic rings. The van der Waals surface area contributed by atoms with Crippen molar-refractivity contribution >= 4 is 42.0 Å². The summed E-state index contributed by atoms with van der Waals surface area (Å²) in [5, 5.41) is 19.7. The standard InChI is InChI=1S/C22H25N4O3PS/c1-13(30-22-26-24-12-31-22)9-16-10-19(28-3)20(29-4)11-18(16)21(23)15-5-7-17(8-6-15)25-14(2)27/h5-8,10-13,23,30H,9H2,1-4H3,(H,25,27). The van der Waals surface area contributed by atoms with E-state index in [-0.39, 0.29) is 5.91 Å². The van der Waals surface area contributed by atoms with E-state index in [1.54, 1.807) is 43.2 Å². The van der Waals surface area contributed by atoms with Crippen LogP contribution in [0.1, 0.15) is 30.5 Å². The van der Waals surface area contributed by atoms with Crippen molar-refractivity contribution in [3.8, 4) is 11.5 Å². The quantitative estimate of drug-likeness (QED) is 0.376. The highest BCUT2D eigenvalue weighted by atomic mass is 32.1. The number of hydrogen-bond acceptors (Lipinski definition) is 7. The number of nitrogens with zero attached hydrogens (tertiary/aromatic N) is 2. The van der Waals surface area contributed by atoms with Crippen molar-refractivity contribution in [3.05, 3.63) is 58.6 Å². The summed E-state index contributed by atoms with van der Waals surface area (Å²) >= 11 is 1.56. The minimum absolute atomic E-state index is 0.129. The minimum Gasteiger partial charge on any atom is -0.493 e. The molecule has 1 heterocycles. The van der Waals surface area contributed by atoms with E-state index in [4.69, 9.17) is 14.9 Å². The lowest BCUT2D eigenvalue weighted by Crippen LogP contribution is -2.12. The molecule has 7 nitrogen and oxygen atoms in total. The molecule has 1 aromatic heterocycles. The van der Waals surface area contributed by atoms with E-state index in [0.717, 1.165) is 27.9 Å². The van der Waals surface area contributed by atoms with Crippen LogP contribution in [0.2, 0.25) is 0 Å². The summed E-state index contributed by atoms with van der Waals surface area (Å²) in [6.45, 7) is 3.64. The van der Waals surface area contributed by atoms with Crippen LogP contribution in [0, 0.1) is 5.41 Å². The van der Waals surface area contributed by atoms with E-state index in [9.17, 15) is 4.79 Å². The van der Waals surface area contributed by atoms with Gasteiger partial charge < -0.3 is 14.8 Å². The topological polar surface area (TPSA) is 97.2 Å². The van der Waals surface area contributed by atoms with Crippen LogP contribution in [0.15, 0.2) is 41.9 Å². The number of benzene rings is 2. The van der Waals surface area contributed by atoms with E-state index in [0.29, 0.717) is 37.1 Å². The van der Waals surface area contributed by atoms with Gasteiger partial charge in [0.05, 0.1) is 19.9 Å². The van der Waals surface area contributed by atoms with Crippen LogP contribution >= 0.6 is 19.9 Å². The predicted molar refractivity (Wildman–Crippen MR) is 127 cm³/mol. The third kappa shape index (κ3) is 5.87. The molecular weight excluding hydrogens is 431 g/mol. The van der Waals surface area contributed by atoms with Crippen molar-refractivity contribution in [2.75, 3.05) is 19.5 Å². The second-order valence-corrected chi connectivity index (χ2v) is 9.93. The van der Waals surface area contributed by atoms with E-state index in [1.807, 2.05) is 24.3 Å². The predicted octanol–water partition coefficient (Wildman–Crippen LogP) is 3.86. The fourth-order valence-electron chi connectivity index (χ4n) is 3.23. The molecule has 0 radical (unpaired) electrons. The van der Waals surface area contributed by atoms with Crippen LogP contribution < -0.4 is 19.5 Å². The summed E-state index contributed by atoms with van der Waals surface area (Å²) in [5.41, 5.74) is 5.72. The van der Waals surface area contributed by atoms with E-state index in [2.05, 4.69) is 22.4 Å². The van der Waals surface area contributed by atoms with Gasteiger partial charge in [-0.05, 0) is 41.9 Å². The Bertz CT molecular complexity index is 1060. The molecule has 2 N–H and O–H groups in total. The van der Waals surface area contributed by atoms with Gasteiger partial charge in [-0.25, -0.2) is 0 Å². The summed E-state index contributed by atoms with van der Waals surface area (Å²) in [7, 11) is 3.74. The number of methoxy groups -OCH3 is 2. The van der Waals surface area contributed by atoms with Gasteiger partial charge >= 0.3 is 0 Å². The number of ether oxygens (including phenoxy) is 2. The highest BCUT2D eigenvalue weighted by Gasteiger charge is 2.18. The Morgan fingerprint density at radius 3 is 2.45 bits per heavy atom. The average molecular weight is 457 g/mol. The summed E-state index contributed by atoms with van der Waals surface area (Å²) in [6, 6.07) is 11.1. The first-order valence-electron chi connectivity index (χ1n) is 9.65. The Morgan fingerprint density at radius 1 is 1.19 bits per heavy atom. The van der Waals surface area contributed by atoms with Crippen LogP contribution in [0.5, 0.6) is 11.5 Å². The summed E-state index contributed by atoms with van der Waals surface area (Å²) in [5.74, 6) is 1.09. The number of rotatable bonds is 9. The molecule has 0 aliphatic heterocycles. The van der Waals surface area contributed by atoms with Crippen LogP contribution in [-0.4, -0.2) is 41.7 Å².